The smallest absolute Gasteiger partial charge is 0.326 e. The van der Waals surface area contributed by atoms with E-state index in [1.807, 2.05) is 13.8 Å². The van der Waals surface area contributed by atoms with Crippen molar-refractivity contribution in [1.82, 2.24) is 14.5 Å². The third-order valence-electron chi connectivity index (χ3n) is 4.01. The van der Waals surface area contributed by atoms with Crippen LogP contribution in [0.15, 0.2) is 12.5 Å². The second-order valence-electron chi connectivity index (χ2n) is 6.12. The van der Waals surface area contributed by atoms with Crippen molar-refractivity contribution in [3.8, 4) is 0 Å². The second-order valence-corrected chi connectivity index (χ2v) is 6.12. The van der Waals surface area contributed by atoms with E-state index in [-0.39, 0.29) is 11.6 Å². The van der Waals surface area contributed by atoms with Gasteiger partial charge in [-0.05, 0) is 18.3 Å². The van der Waals surface area contributed by atoms with E-state index in [1.165, 1.54) is 4.90 Å². The molecular weight excluding hydrogens is 272 g/mol. The molecule has 1 aromatic rings. The summed E-state index contributed by atoms with van der Waals surface area (Å²) in [6.45, 7) is 5.26. The molecule has 7 nitrogen and oxygen atoms in total. The van der Waals surface area contributed by atoms with Crippen LogP contribution in [0, 0.1) is 5.41 Å². The van der Waals surface area contributed by atoms with Gasteiger partial charge in [-0.1, -0.05) is 13.8 Å². The topological polar surface area (TPSA) is 101 Å². The molecule has 2 rings (SSSR count). The Kier molecular flexibility index (Phi) is 4.32. The number of nitrogens with zero attached hydrogens (tertiary/aromatic N) is 3. The van der Waals surface area contributed by atoms with E-state index in [1.54, 1.807) is 17.1 Å². The lowest BCUT2D eigenvalue weighted by atomic mass is 9.76. The molecule has 1 aliphatic rings. The second kappa shape index (κ2) is 5.85. The number of rotatable bonds is 4. The molecular formula is C14H22N4O3. The first-order chi connectivity index (χ1) is 9.86. The number of likely N-dealkylation sites (tertiary alicyclic amines) is 1. The van der Waals surface area contributed by atoms with Crippen LogP contribution in [0.25, 0.3) is 0 Å². The quantitative estimate of drug-likeness (QED) is 0.844. The summed E-state index contributed by atoms with van der Waals surface area (Å²) >= 11 is 0. The summed E-state index contributed by atoms with van der Waals surface area (Å²) in [5, 5.41) is 9.49. The van der Waals surface area contributed by atoms with Gasteiger partial charge >= 0.3 is 5.97 Å². The van der Waals surface area contributed by atoms with Crippen LogP contribution in [0.2, 0.25) is 0 Å². The lowest BCUT2D eigenvalue weighted by molar-refractivity contribution is -0.148. The molecule has 0 spiro atoms. The van der Waals surface area contributed by atoms with E-state index in [2.05, 4.69) is 4.98 Å². The molecule has 1 aromatic heterocycles. The molecule has 1 fully saturated rings. The van der Waals surface area contributed by atoms with Crippen LogP contribution < -0.4 is 5.73 Å². The van der Waals surface area contributed by atoms with Gasteiger partial charge in [0, 0.05) is 25.8 Å². The Morgan fingerprint density at radius 3 is 2.86 bits per heavy atom. The number of hydrogen-bond acceptors (Lipinski definition) is 4. The molecule has 3 N–H and O–H groups in total. The van der Waals surface area contributed by atoms with Crippen LogP contribution in [0.1, 0.15) is 37.2 Å². The summed E-state index contributed by atoms with van der Waals surface area (Å²) in [6, 6.07) is -0.821. The van der Waals surface area contributed by atoms with Gasteiger partial charge in [0.05, 0.1) is 6.33 Å². The Morgan fingerprint density at radius 2 is 2.24 bits per heavy atom. The predicted molar refractivity (Wildman–Crippen MR) is 76.8 cm³/mol. The van der Waals surface area contributed by atoms with Crippen LogP contribution in [0.4, 0.5) is 0 Å². The van der Waals surface area contributed by atoms with Crippen molar-refractivity contribution >= 4 is 11.9 Å². The minimum atomic E-state index is -0.963. The largest absolute Gasteiger partial charge is 0.480 e. The van der Waals surface area contributed by atoms with Crippen molar-refractivity contribution in [1.29, 1.82) is 0 Å². The highest BCUT2D eigenvalue weighted by Crippen LogP contribution is 2.35. The van der Waals surface area contributed by atoms with Gasteiger partial charge in [-0.2, -0.15) is 0 Å². The monoisotopic (exact) mass is 294 g/mol. The molecule has 0 saturated carbocycles. The molecule has 2 heterocycles. The maximum atomic E-state index is 12.6. The highest BCUT2D eigenvalue weighted by atomic mass is 16.4. The third kappa shape index (κ3) is 3.07. The normalized spacial score (nSPS) is 21.3. The van der Waals surface area contributed by atoms with Gasteiger partial charge in [-0.3, -0.25) is 4.79 Å². The lowest BCUT2D eigenvalue weighted by Crippen LogP contribution is -2.56. The number of carbonyl (C=O) groups excluding carboxylic acids is 1. The van der Waals surface area contributed by atoms with Crippen molar-refractivity contribution in [2.75, 3.05) is 13.1 Å². The number of hydrogen-bond donors (Lipinski definition) is 2. The highest BCUT2D eigenvalue weighted by Gasteiger charge is 2.45. The van der Waals surface area contributed by atoms with Gasteiger partial charge < -0.3 is 20.3 Å². The molecule has 21 heavy (non-hydrogen) atoms. The zero-order valence-corrected chi connectivity index (χ0v) is 12.5. The van der Waals surface area contributed by atoms with Crippen molar-refractivity contribution in [2.45, 2.75) is 39.3 Å². The number of piperidine rings is 1. The van der Waals surface area contributed by atoms with Gasteiger partial charge in [0.25, 0.3) is 5.91 Å². The van der Waals surface area contributed by atoms with Gasteiger partial charge in [-0.25, -0.2) is 9.78 Å². The molecule has 0 aromatic carbocycles. The number of amides is 1. The third-order valence-corrected chi connectivity index (χ3v) is 4.01. The molecule has 1 saturated heterocycles. The molecule has 0 radical (unpaired) electrons. The number of aliphatic carboxylic acids is 1. The zero-order chi connectivity index (χ0) is 15.6. The van der Waals surface area contributed by atoms with E-state index in [9.17, 15) is 14.7 Å². The van der Waals surface area contributed by atoms with E-state index in [0.29, 0.717) is 19.6 Å². The maximum absolute atomic E-state index is 12.6. The van der Waals surface area contributed by atoms with Crippen LogP contribution in [0.3, 0.4) is 0 Å². The van der Waals surface area contributed by atoms with Crippen LogP contribution in [-0.2, 0) is 11.3 Å². The first kappa shape index (κ1) is 15.5. The Labute approximate surface area is 123 Å². The summed E-state index contributed by atoms with van der Waals surface area (Å²) in [4.78, 5) is 29.7. The fourth-order valence-electron chi connectivity index (χ4n) is 2.97. The summed E-state index contributed by atoms with van der Waals surface area (Å²) in [5.74, 6) is -1.29. The van der Waals surface area contributed by atoms with Gasteiger partial charge in [0.15, 0.2) is 0 Å². The van der Waals surface area contributed by atoms with E-state index < -0.39 is 17.4 Å². The SMILES string of the molecule is CC1(C)CCCN(C(=O)c2cn(CCN)cn2)C1C(=O)O. The van der Waals surface area contributed by atoms with Gasteiger partial charge in [-0.15, -0.1) is 0 Å². The Bertz CT molecular complexity index is 538. The van der Waals surface area contributed by atoms with Gasteiger partial charge in [0.2, 0.25) is 0 Å². The Morgan fingerprint density at radius 1 is 1.52 bits per heavy atom. The van der Waals surface area contributed by atoms with Crippen molar-refractivity contribution in [3.63, 3.8) is 0 Å². The molecule has 1 aliphatic heterocycles. The molecule has 116 valence electrons. The van der Waals surface area contributed by atoms with Crippen molar-refractivity contribution < 1.29 is 14.7 Å². The number of aromatic nitrogens is 2. The number of carboxylic acid groups (broad SMARTS) is 1. The zero-order valence-electron chi connectivity index (χ0n) is 12.5. The fourth-order valence-corrected chi connectivity index (χ4v) is 2.97. The number of imidazole rings is 1. The average Bonchev–Trinajstić information content (AvgIpc) is 2.85. The summed E-state index contributed by atoms with van der Waals surface area (Å²) in [6.07, 6.45) is 4.75. The minimum absolute atomic E-state index is 0.271. The summed E-state index contributed by atoms with van der Waals surface area (Å²) < 4.78 is 1.73. The average molecular weight is 294 g/mol. The molecule has 1 atom stereocenters. The number of carbonyl (C=O) groups is 2. The predicted octanol–water partition coefficient (Wildman–Crippen LogP) is 0.557. The van der Waals surface area contributed by atoms with Crippen molar-refractivity contribution in [2.24, 2.45) is 11.1 Å². The molecule has 0 bridgehead atoms. The first-order valence-corrected chi connectivity index (χ1v) is 7.12. The van der Waals surface area contributed by atoms with E-state index in [0.717, 1.165) is 12.8 Å². The molecule has 7 heteroatoms. The summed E-state index contributed by atoms with van der Waals surface area (Å²) in [5.41, 5.74) is 5.29. The minimum Gasteiger partial charge on any atom is -0.480 e. The van der Waals surface area contributed by atoms with E-state index in [4.69, 9.17) is 5.73 Å². The molecule has 0 aliphatic carbocycles. The standard InChI is InChI=1S/C14H22N4O3/c1-14(2)4-3-6-18(11(14)13(20)21)12(19)10-8-17(7-5-15)9-16-10/h8-9,11H,3-7,15H2,1-2H3,(H,20,21). The maximum Gasteiger partial charge on any atom is 0.326 e. The van der Waals surface area contributed by atoms with E-state index >= 15 is 0 Å². The highest BCUT2D eigenvalue weighted by molar-refractivity contribution is 5.95. The lowest BCUT2D eigenvalue weighted by Gasteiger charge is -2.43. The fraction of sp³-hybridized carbons (Fsp3) is 0.643. The summed E-state index contributed by atoms with van der Waals surface area (Å²) in [7, 11) is 0. The Balaban J connectivity index is 2.24. The van der Waals surface area contributed by atoms with Crippen LogP contribution >= 0.6 is 0 Å². The van der Waals surface area contributed by atoms with Gasteiger partial charge in [0.1, 0.15) is 11.7 Å². The van der Waals surface area contributed by atoms with Crippen molar-refractivity contribution in [3.05, 3.63) is 18.2 Å². The number of carboxylic acids is 1. The Hall–Kier alpha value is -1.89. The molecule has 1 amide bonds. The van der Waals surface area contributed by atoms with Crippen LogP contribution in [-0.4, -0.2) is 50.6 Å². The molecule has 1 unspecified atom stereocenters. The number of nitrogens with two attached hydrogens (primary N) is 1. The van der Waals surface area contributed by atoms with Crippen LogP contribution in [0.5, 0.6) is 0 Å². The first-order valence-electron chi connectivity index (χ1n) is 7.12.